The number of anilines is 1. The van der Waals surface area contributed by atoms with Crippen LogP contribution in [-0.4, -0.2) is 56.6 Å². The Morgan fingerprint density at radius 3 is 2.06 bits per heavy atom. The molecule has 0 aromatic heterocycles. The number of benzene rings is 2. The number of hydrogen-bond donors (Lipinski definition) is 1. The van der Waals surface area contributed by atoms with Crippen LogP contribution in [0.4, 0.5) is 5.69 Å². The summed E-state index contributed by atoms with van der Waals surface area (Å²) >= 11 is 0. The Morgan fingerprint density at radius 2 is 1.56 bits per heavy atom. The third kappa shape index (κ3) is 7.87. The van der Waals surface area contributed by atoms with Gasteiger partial charge in [0.1, 0.15) is 12.6 Å². The minimum absolute atomic E-state index is 0.0720. The normalized spacial score (nSPS) is 12.3. The molecule has 186 valence electrons. The van der Waals surface area contributed by atoms with Crippen LogP contribution in [0.25, 0.3) is 0 Å². The van der Waals surface area contributed by atoms with Crippen molar-refractivity contribution in [1.82, 2.24) is 10.2 Å². The van der Waals surface area contributed by atoms with Gasteiger partial charge in [-0.25, -0.2) is 8.42 Å². The molecular formula is C26H37N3O4S. The summed E-state index contributed by atoms with van der Waals surface area (Å²) in [5, 5.41) is 2.89. The smallest absolute Gasteiger partial charge is 0.244 e. The van der Waals surface area contributed by atoms with Crippen molar-refractivity contribution in [2.75, 3.05) is 23.7 Å². The molecule has 2 rings (SSSR count). The van der Waals surface area contributed by atoms with Gasteiger partial charge >= 0.3 is 0 Å². The molecule has 0 bridgehead atoms. The quantitative estimate of drug-likeness (QED) is 0.497. The number of nitrogens with one attached hydrogen (secondary N) is 1. The van der Waals surface area contributed by atoms with Crippen LogP contribution in [-0.2, 0) is 32.5 Å². The Balaban J connectivity index is 2.35. The number of amides is 2. The highest BCUT2D eigenvalue weighted by Crippen LogP contribution is 2.20. The largest absolute Gasteiger partial charge is 0.352 e. The van der Waals surface area contributed by atoms with Gasteiger partial charge in [0, 0.05) is 12.6 Å². The second kappa shape index (κ2) is 12.6. The molecular weight excluding hydrogens is 450 g/mol. The highest BCUT2D eigenvalue weighted by atomic mass is 32.2. The van der Waals surface area contributed by atoms with Crippen LogP contribution in [0.1, 0.15) is 45.2 Å². The lowest BCUT2D eigenvalue weighted by Crippen LogP contribution is -2.54. The van der Waals surface area contributed by atoms with Crippen molar-refractivity contribution in [2.45, 2.75) is 59.0 Å². The predicted molar refractivity (Wildman–Crippen MR) is 137 cm³/mol. The molecule has 34 heavy (non-hydrogen) atoms. The predicted octanol–water partition coefficient (Wildman–Crippen LogP) is 3.39. The van der Waals surface area contributed by atoms with E-state index in [1.54, 1.807) is 12.1 Å². The topological polar surface area (TPSA) is 86.8 Å². The van der Waals surface area contributed by atoms with Crippen molar-refractivity contribution in [3.05, 3.63) is 65.7 Å². The minimum atomic E-state index is -3.72. The second-order valence-electron chi connectivity index (χ2n) is 8.70. The van der Waals surface area contributed by atoms with Crippen LogP contribution < -0.4 is 9.62 Å². The fourth-order valence-electron chi connectivity index (χ4n) is 3.79. The average Bonchev–Trinajstić information content (AvgIpc) is 2.79. The van der Waals surface area contributed by atoms with Crippen molar-refractivity contribution in [3.8, 4) is 0 Å². The molecule has 2 aromatic carbocycles. The van der Waals surface area contributed by atoms with Gasteiger partial charge in [-0.3, -0.25) is 13.9 Å². The monoisotopic (exact) mass is 487 g/mol. The van der Waals surface area contributed by atoms with Gasteiger partial charge in [-0.2, -0.15) is 0 Å². The molecule has 0 heterocycles. The van der Waals surface area contributed by atoms with Gasteiger partial charge in [-0.05, 0) is 56.4 Å². The van der Waals surface area contributed by atoms with Gasteiger partial charge in [0.2, 0.25) is 21.8 Å². The Morgan fingerprint density at radius 1 is 0.941 bits per heavy atom. The van der Waals surface area contributed by atoms with E-state index in [1.165, 1.54) is 4.90 Å². The highest BCUT2D eigenvalue weighted by Gasteiger charge is 2.31. The summed E-state index contributed by atoms with van der Waals surface area (Å²) in [6.45, 7) is 7.54. The van der Waals surface area contributed by atoms with E-state index < -0.39 is 22.0 Å². The first kappa shape index (κ1) is 27.4. The third-order valence-corrected chi connectivity index (χ3v) is 6.75. The Hall–Kier alpha value is -2.87. The van der Waals surface area contributed by atoms with Crippen LogP contribution >= 0.6 is 0 Å². The maximum absolute atomic E-state index is 13.5. The van der Waals surface area contributed by atoms with E-state index in [0.717, 1.165) is 28.1 Å². The average molecular weight is 488 g/mol. The second-order valence-corrected chi connectivity index (χ2v) is 10.6. The Labute approximate surface area is 204 Å². The van der Waals surface area contributed by atoms with Crippen molar-refractivity contribution < 1.29 is 18.0 Å². The van der Waals surface area contributed by atoms with E-state index in [4.69, 9.17) is 0 Å². The summed E-state index contributed by atoms with van der Waals surface area (Å²) in [6, 6.07) is 16.1. The zero-order valence-corrected chi connectivity index (χ0v) is 21.6. The first-order chi connectivity index (χ1) is 16.1. The maximum atomic E-state index is 13.5. The Bertz CT molecular complexity index is 1040. The third-order valence-electron chi connectivity index (χ3n) is 5.61. The van der Waals surface area contributed by atoms with Gasteiger partial charge in [0.05, 0.1) is 11.9 Å². The zero-order chi connectivity index (χ0) is 25.3. The van der Waals surface area contributed by atoms with Crippen LogP contribution in [0.5, 0.6) is 0 Å². The van der Waals surface area contributed by atoms with E-state index in [9.17, 15) is 18.0 Å². The number of carbonyl (C=O) groups excluding carboxylic acids is 2. The first-order valence-corrected chi connectivity index (χ1v) is 13.6. The number of carbonyl (C=O) groups is 2. The summed E-state index contributed by atoms with van der Waals surface area (Å²) in [6.07, 6.45) is 2.89. The van der Waals surface area contributed by atoms with Crippen LogP contribution in [0.15, 0.2) is 54.6 Å². The molecule has 8 heteroatoms. The lowest BCUT2D eigenvalue weighted by Gasteiger charge is -2.33. The fourth-order valence-corrected chi connectivity index (χ4v) is 4.64. The van der Waals surface area contributed by atoms with E-state index in [0.29, 0.717) is 25.1 Å². The van der Waals surface area contributed by atoms with E-state index in [-0.39, 0.29) is 18.5 Å². The summed E-state index contributed by atoms with van der Waals surface area (Å²) in [4.78, 5) is 28.0. The molecule has 0 spiro atoms. The molecule has 0 fully saturated rings. The molecule has 0 aliphatic carbocycles. The standard InChI is InChI=1S/C26H37N3O4S/c1-6-21-13-15-23(16-14-21)29(34(5,32)33)19-25(30)28(18-17-22-11-9-8-10-12-22)24(7-2)26(31)27-20(3)4/h8-16,20,24H,6-7,17-19H2,1-5H3,(H,27,31). The molecule has 2 aromatic rings. The van der Waals surface area contributed by atoms with Crippen molar-refractivity contribution in [3.63, 3.8) is 0 Å². The van der Waals surface area contributed by atoms with Gasteiger partial charge < -0.3 is 10.2 Å². The first-order valence-electron chi connectivity index (χ1n) is 11.8. The fraction of sp³-hybridized carbons (Fsp3) is 0.462. The molecule has 1 unspecified atom stereocenters. The molecule has 0 aliphatic heterocycles. The molecule has 0 saturated heterocycles. The number of sulfonamides is 1. The van der Waals surface area contributed by atoms with Crippen molar-refractivity contribution in [1.29, 1.82) is 0 Å². The Kier molecular flexibility index (Phi) is 10.1. The van der Waals surface area contributed by atoms with Gasteiger partial charge in [0.25, 0.3) is 0 Å². The van der Waals surface area contributed by atoms with Crippen LogP contribution in [0, 0.1) is 0 Å². The minimum Gasteiger partial charge on any atom is -0.352 e. The molecule has 7 nitrogen and oxygen atoms in total. The zero-order valence-electron chi connectivity index (χ0n) is 20.8. The number of hydrogen-bond acceptors (Lipinski definition) is 4. The lowest BCUT2D eigenvalue weighted by molar-refractivity contribution is -0.139. The van der Waals surface area contributed by atoms with Crippen LogP contribution in [0.3, 0.4) is 0 Å². The summed E-state index contributed by atoms with van der Waals surface area (Å²) in [5.41, 5.74) is 2.54. The molecule has 1 N–H and O–H groups in total. The van der Waals surface area contributed by atoms with Crippen molar-refractivity contribution >= 4 is 27.5 Å². The summed E-state index contributed by atoms with van der Waals surface area (Å²) in [7, 11) is -3.72. The van der Waals surface area contributed by atoms with E-state index in [2.05, 4.69) is 5.32 Å². The van der Waals surface area contributed by atoms with Gasteiger partial charge in [-0.15, -0.1) is 0 Å². The molecule has 0 saturated carbocycles. The molecule has 0 radical (unpaired) electrons. The molecule has 0 aliphatic rings. The van der Waals surface area contributed by atoms with E-state index in [1.807, 2.05) is 70.2 Å². The summed E-state index contributed by atoms with van der Waals surface area (Å²) < 4.78 is 26.3. The number of aryl methyl sites for hydroxylation is 1. The van der Waals surface area contributed by atoms with E-state index >= 15 is 0 Å². The van der Waals surface area contributed by atoms with Gasteiger partial charge in [0.15, 0.2) is 0 Å². The lowest BCUT2D eigenvalue weighted by atomic mass is 10.1. The number of nitrogens with zero attached hydrogens (tertiary/aromatic N) is 2. The highest BCUT2D eigenvalue weighted by molar-refractivity contribution is 7.92. The molecule has 2 amide bonds. The van der Waals surface area contributed by atoms with Crippen LogP contribution in [0.2, 0.25) is 0 Å². The summed E-state index contributed by atoms with van der Waals surface area (Å²) in [5.74, 6) is -0.649. The maximum Gasteiger partial charge on any atom is 0.244 e. The SMILES string of the molecule is CCc1ccc(N(CC(=O)N(CCc2ccccc2)C(CC)C(=O)NC(C)C)S(C)(=O)=O)cc1. The molecule has 1 atom stereocenters. The van der Waals surface area contributed by atoms with Crippen molar-refractivity contribution in [2.24, 2.45) is 0 Å². The number of rotatable bonds is 12. The van der Waals surface area contributed by atoms with Gasteiger partial charge in [-0.1, -0.05) is 56.3 Å².